The lowest BCUT2D eigenvalue weighted by molar-refractivity contribution is 0.0526. The molecule has 2 aromatic rings. The third-order valence-corrected chi connectivity index (χ3v) is 3.94. The standard InChI is InChI=1S/C14H13ClFN3O4/c1-2-23-12(20)8-6-11(10(16)7-9(8)15)19-13(21)17-4-3-5-18(17)14(19)22/h6-7H,2-5H2,1H3. The van der Waals surface area contributed by atoms with Gasteiger partial charge < -0.3 is 4.74 Å². The van der Waals surface area contributed by atoms with E-state index in [4.69, 9.17) is 16.3 Å². The highest BCUT2D eigenvalue weighted by Gasteiger charge is 2.24. The first-order valence-electron chi connectivity index (χ1n) is 7.05. The fourth-order valence-electron chi connectivity index (χ4n) is 2.60. The molecule has 0 saturated heterocycles. The van der Waals surface area contributed by atoms with Crippen LogP contribution in [-0.4, -0.2) is 26.5 Å². The van der Waals surface area contributed by atoms with Crippen molar-refractivity contribution in [3.05, 3.63) is 49.5 Å². The minimum atomic E-state index is -0.868. The molecule has 0 amide bonds. The first-order valence-corrected chi connectivity index (χ1v) is 7.42. The lowest BCUT2D eigenvalue weighted by Crippen LogP contribution is -2.29. The Bertz CT molecular complexity index is 876. The Hall–Kier alpha value is -2.35. The van der Waals surface area contributed by atoms with E-state index in [9.17, 15) is 18.8 Å². The number of halogens is 2. The fourth-order valence-corrected chi connectivity index (χ4v) is 2.83. The second-order valence-electron chi connectivity index (χ2n) is 5.00. The smallest absolute Gasteiger partial charge is 0.351 e. The van der Waals surface area contributed by atoms with Gasteiger partial charge in [-0.2, -0.15) is 0 Å². The largest absolute Gasteiger partial charge is 0.462 e. The van der Waals surface area contributed by atoms with Crippen molar-refractivity contribution in [1.82, 2.24) is 13.9 Å². The van der Waals surface area contributed by atoms with Crippen molar-refractivity contribution in [2.75, 3.05) is 6.61 Å². The van der Waals surface area contributed by atoms with Gasteiger partial charge in [-0.05, 0) is 25.5 Å². The van der Waals surface area contributed by atoms with Gasteiger partial charge in [-0.3, -0.25) is 0 Å². The maximum absolute atomic E-state index is 14.2. The molecule has 9 heteroatoms. The number of benzene rings is 1. The van der Waals surface area contributed by atoms with Crippen molar-refractivity contribution in [2.45, 2.75) is 26.4 Å². The van der Waals surface area contributed by atoms with Crippen LogP contribution in [0.1, 0.15) is 23.7 Å². The molecular weight excluding hydrogens is 329 g/mol. The van der Waals surface area contributed by atoms with Crippen LogP contribution in [-0.2, 0) is 17.8 Å². The van der Waals surface area contributed by atoms with E-state index in [1.165, 1.54) is 9.36 Å². The van der Waals surface area contributed by atoms with Gasteiger partial charge in [-0.25, -0.2) is 32.7 Å². The monoisotopic (exact) mass is 341 g/mol. The highest BCUT2D eigenvalue weighted by Crippen LogP contribution is 2.23. The Balaban J connectivity index is 2.22. The molecule has 7 nitrogen and oxygen atoms in total. The SMILES string of the molecule is CCOC(=O)c1cc(-n2c(=O)n3n(c2=O)CCC3)c(F)cc1Cl. The number of carbonyl (C=O) groups is 1. The van der Waals surface area contributed by atoms with Crippen molar-refractivity contribution in [2.24, 2.45) is 0 Å². The van der Waals surface area contributed by atoms with Gasteiger partial charge in [0.1, 0.15) is 5.82 Å². The van der Waals surface area contributed by atoms with Crippen LogP contribution in [0.2, 0.25) is 5.02 Å². The van der Waals surface area contributed by atoms with Crippen molar-refractivity contribution in [3.63, 3.8) is 0 Å². The normalized spacial score (nSPS) is 13.2. The number of ether oxygens (including phenoxy) is 1. The van der Waals surface area contributed by atoms with Gasteiger partial charge in [0.25, 0.3) is 0 Å². The second kappa shape index (κ2) is 5.69. The molecule has 122 valence electrons. The average molecular weight is 342 g/mol. The molecule has 0 unspecified atom stereocenters. The predicted octanol–water partition coefficient (Wildman–Crippen LogP) is 1.17. The van der Waals surface area contributed by atoms with Crippen molar-refractivity contribution >= 4 is 17.6 Å². The Labute approximate surface area is 134 Å². The van der Waals surface area contributed by atoms with Gasteiger partial charge in [0, 0.05) is 13.1 Å². The summed E-state index contributed by atoms with van der Waals surface area (Å²) < 4.78 is 22.3. The Kier molecular flexibility index (Phi) is 3.85. The average Bonchev–Trinajstić information content (AvgIpc) is 3.06. The summed E-state index contributed by atoms with van der Waals surface area (Å²) in [5.41, 5.74) is -1.72. The summed E-state index contributed by atoms with van der Waals surface area (Å²) in [4.78, 5) is 36.5. The predicted molar refractivity (Wildman–Crippen MR) is 79.8 cm³/mol. The van der Waals surface area contributed by atoms with Crippen molar-refractivity contribution < 1.29 is 13.9 Å². The highest BCUT2D eigenvalue weighted by atomic mass is 35.5. The van der Waals surface area contributed by atoms with E-state index < -0.39 is 23.2 Å². The Morgan fingerprint density at radius 1 is 1.26 bits per heavy atom. The number of carbonyl (C=O) groups excluding carboxylic acids is 1. The van der Waals surface area contributed by atoms with Gasteiger partial charge in [-0.1, -0.05) is 11.6 Å². The molecule has 0 spiro atoms. The van der Waals surface area contributed by atoms with E-state index in [0.717, 1.165) is 12.1 Å². The minimum absolute atomic E-state index is 0.104. The third kappa shape index (κ3) is 2.39. The Morgan fingerprint density at radius 2 is 1.87 bits per heavy atom. The number of fused-ring (bicyclic) bond motifs is 1. The molecule has 0 bridgehead atoms. The summed E-state index contributed by atoms with van der Waals surface area (Å²) in [6.07, 6.45) is 0.669. The topological polar surface area (TPSA) is 75.2 Å². The summed E-state index contributed by atoms with van der Waals surface area (Å²) in [6.45, 7) is 2.51. The summed E-state index contributed by atoms with van der Waals surface area (Å²) in [7, 11) is 0. The maximum Gasteiger partial charge on any atom is 0.351 e. The van der Waals surface area contributed by atoms with Crippen LogP contribution in [0.5, 0.6) is 0 Å². The molecule has 1 aliphatic rings. The lowest BCUT2D eigenvalue weighted by Gasteiger charge is -2.08. The molecule has 2 heterocycles. The van der Waals surface area contributed by atoms with Gasteiger partial charge in [0.2, 0.25) is 0 Å². The number of hydrogen-bond acceptors (Lipinski definition) is 4. The van der Waals surface area contributed by atoms with E-state index in [1.807, 2.05) is 0 Å². The molecule has 0 radical (unpaired) electrons. The van der Waals surface area contributed by atoms with Crippen LogP contribution in [0.4, 0.5) is 4.39 Å². The molecule has 3 rings (SSSR count). The first-order chi connectivity index (χ1) is 11.0. The van der Waals surface area contributed by atoms with E-state index >= 15 is 0 Å². The van der Waals surface area contributed by atoms with Gasteiger partial charge in [0.05, 0.1) is 22.9 Å². The summed E-state index contributed by atoms with van der Waals surface area (Å²) in [5, 5.41) is -0.149. The number of hydrogen-bond donors (Lipinski definition) is 0. The van der Waals surface area contributed by atoms with E-state index in [-0.39, 0.29) is 22.9 Å². The molecule has 0 N–H and O–H groups in total. The van der Waals surface area contributed by atoms with E-state index in [2.05, 4.69) is 0 Å². The zero-order chi connectivity index (χ0) is 16.7. The molecule has 0 atom stereocenters. The van der Waals surface area contributed by atoms with Crippen LogP contribution in [0.25, 0.3) is 5.69 Å². The maximum atomic E-state index is 14.2. The molecule has 0 saturated carbocycles. The van der Waals surface area contributed by atoms with Crippen LogP contribution in [0.3, 0.4) is 0 Å². The van der Waals surface area contributed by atoms with Crippen molar-refractivity contribution in [1.29, 1.82) is 0 Å². The number of rotatable bonds is 3. The quantitative estimate of drug-likeness (QED) is 0.785. The zero-order valence-corrected chi connectivity index (χ0v) is 13.0. The van der Waals surface area contributed by atoms with E-state index in [1.54, 1.807) is 6.92 Å². The fraction of sp³-hybridized carbons (Fsp3) is 0.357. The zero-order valence-electron chi connectivity index (χ0n) is 12.2. The second-order valence-corrected chi connectivity index (χ2v) is 5.41. The lowest BCUT2D eigenvalue weighted by atomic mass is 10.2. The number of aromatic nitrogens is 3. The molecular formula is C14H13ClFN3O4. The van der Waals surface area contributed by atoms with E-state index in [0.29, 0.717) is 24.1 Å². The molecule has 0 aliphatic carbocycles. The van der Waals surface area contributed by atoms with Crippen LogP contribution in [0.15, 0.2) is 21.7 Å². The van der Waals surface area contributed by atoms with Crippen molar-refractivity contribution in [3.8, 4) is 5.69 Å². The van der Waals surface area contributed by atoms with Gasteiger partial charge in [0.15, 0.2) is 0 Å². The number of nitrogens with zero attached hydrogens (tertiary/aromatic N) is 3. The van der Waals surface area contributed by atoms with Crippen LogP contribution < -0.4 is 11.4 Å². The van der Waals surface area contributed by atoms with Gasteiger partial charge >= 0.3 is 17.3 Å². The molecule has 0 fully saturated rings. The summed E-state index contributed by atoms with van der Waals surface area (Å²) in [5.74, 6) is -1.62. The highest BCUT2D eigenvalue weighted by molar-refractivity contribution is 6.33. The summed E-state index contributed by atoms with van der Waals surface area (Å²) >= 11 is 5.86. The van der Waals surface area contributed by atoms with Crippen LogP contribution >= 0.6 is 11.6 Å². The third-order valence-electron chi connectivity index (χ3n) is 3.63. The van der Waals surface area contributed by atoms with Gasteiger partial charge in [-0.15, -0.1) is 0 Å². The minimum Gasteiger partial charge on any atom is -0.462 e. The van der Waals surface area contributed by atoms with Crippen LogP contribution in [0, 0.1) is 5.82 Å². The molecule has 1 aromatic heterocycles. The molecule has 1 aliphatic heterocycles. The molecule has 23 heavy (non-hydrogen) atoms. The first kappa shape index (κ1) is 15.5. The summed E-state index contributed by atoms with van der Waals surface area (Å²) in [6, 6.07) is 1.96. The Morgan fingerprint density at radius 3 is 2.43 bits per heavy atom. The molecule has 1 aromatic carbocycles. The number of esters is 1.